The smallest absolute Gasteiger partial charge is 0.240 e. The molecule has 0 atom stereocenters. The van der Waals surface area contributed by atoms with Gasteiger partial charge in [0.05, 0.1) is 12.1 Å². The van der Waals surface area contributed by atoms with Crippen molar-refractivity contribution >= 4 is 17.5 Å². The molecule has 11 heavy (non-hydrogen) atoms. The normalized spacial score (nSPS) is 19.1. The van der Waals surface area contributed by atoms with Crippen LogP contribution in [0.25, 0.3) is 0 Å². The van der Waals surface area contributed by atoms with Crippen molar-refractivity contribution < 1.29 is 4.79 Å². The molecule has 1 saturated carbocycles. The van der Waals surface area contributed by atoms with Gasteiger partial charge in [0.15, 0.2) is 0 Å². The number of hydrogen-bond donors (Lipinski definition) is 2. The van der Waals surface area contributed by atoms with Crippen molar-refractivity contribution in [2.75, 3.05) is 6.54 Å². The van der Waals surface area contributed by atoms with Crippen molar-refractivity contribution in [1.82, 2.24) is 5.32 Å². The summed E-state index contributed by atoms with van der Waals surface area (Å²) < 4.78 is 0. The molecule has 0 bridgehead atoms. The van der Waals surface area contributed by atoms with E-state index in [4.69, 9.17) is 17.3 Å². The SMILES string of the molecule is C=C(Cl)CNC(=O)C1(N)CC1. The second kappa shape index (κ2) is 2.83. The van der Waals surface area contributed by atoms with Crippen molar-refractivity contribution in [3.8, 4) is 0 Å². The van der Waals surface area contributed by atoms with E-state index in [-0.39, 0.29) is 5.91 Å². The lowest BCUT2D eigenvalue weighted by molar-refractivity contribution is -0.123. The molecule has 0 aromatic carbocycles. The van der Waals surface area contributed by atoms with Gasteiger partial charge in [-0.15, -0.1) is 0 Å². The molecule has 0 spiro atoms. The molecule has 4 heteroatoms. The standard InChI is InChI=1S/C7H11ClN2O/c1-5(8)4-10-6(11)7(9)2-3-7/h1-4,9H2,(H,10,11). The minimum Gasteiger partial charge on any atom is -0.350 e. The van der Waals surface area contributed by atoms with E-state index >= 15 is 0 Å². The monoisotopic (exact) mass is 174 g/mol. The fourth-order valence-corrected chi connectivity index (χ4v) is 0.781. The molecule has 0 saturated heterocycles. The molecule has 0 aromatic heterocycles. The molecule has 1 aliphatic rings. The minimum atomic E-state index is -0.605. The first-order valence-electron chi connectivity index (χ1n) is 3.45. The number of carbonyl (C=O) groups excluding carboxylic acids is 1. The van der Waals surface area contributed by atoms with Crippen LogP contribution >= 0.6 is 11.6 Å². The predicted octanol–water partition coefficient (Wildman–Crippen LogP) is 0.346. The molecule has 1 amide bonds. The van der Waals surface area contributed by atoms with Gasteiger partial charge in [-0.05, 0) is 12.8 Å². The minimum absolute atomic E-state index is 0.126. The highest BCUT2D eigenvalue weighted by Crippen LogP contribution is 2.31. The summed E-state index contributed by atoms with van der Waals surface area (Å²) in [5.41, 5.74) is 4.99. The van der Waals surface area contributed by atoms with Gasteiger partial charge in [-0.1, -0.05) is 18.2 Å². The van der Waals surface area contributed by atoms with Crippen molar-refractivity contribution in [3.05, 3.63) is 11.6 Å². The van der Waals surface area contributed by atoms with Gasteiger partial charge in [-0.3, -0.25) is 4.79 Å². The van der Waals surface area contributed by atoms with Crippen LogP contribution in [-0.4, -0.2) is 18.0 Å². The molecule has 0 aliphatic heterocycles. The number of nitrogens with two attached hydrogens (primary N) is 1. The van der Waals surface area contributed by atoms with Crippen LogP contribution in [0.3, 0.4) is 0 Å². The van der Waals surface area contributed by atoms with Gasteiger partial charge in [-0.2, -0.15) is 0 Å². The van der Waals surface area contributed by atoms with Crippen LogP contribution in [0.5, 0.6) is 0 Å². The van der Waals surface area contributed by atoms with Crippen LogP contribution in [0, 0.1) is 0 Å². The summed E-state index contributed by atoms with van der Waals surface area (Å²) in [7, 11) is 0. The highest BCUT2D eigenvalue weighted by Gasteiger charge is 2.45. The van der Waals surface area contributed by atoms with Crippen molar-refractivity contribution in [2.24, 2.45) is 5.73 Å². The Balaban J connectivity index is 2.27. The number of carbonyl (C=O) groups is 1. The van der Waals surface area contributed by atoms with Crippen molar-refractivity contribution in [2.45, 2.75) is 18.4 Å². The highest BCUT2D eigenvalue weighted by molar-refractivity contribution is 6.29. The molecule has 0 aromatic rings. The predicted molar refractivity (Wildman–Crippen MR) is 44.2 cm³/mol. The summed E-state index contributed by atoms with van der Waals surface area (Å²) in [6.45, 7) is 3.74. The van der Waals surface area contributed by atoms with Gasteiger partial charge < -0.3 is 11.1 Å². The molecule has 62 valence electrons. The van der Waals surface area contributed by atoms with Gasteiger partial charge >= 0.3 is 0 Å². The van der Waals surface area contributed by atoms with E-state index in [9.17, 15) is 4.79 Å². The zero-order valence-electron chi connectivity index (χ0n) is 6.19. The van der Waals surface area contributed by atoms with Crippen LogP contribution in [0.4, 0.5) is 0 Å². The molecule has 1 aliphatic carbocycles. The summed E-state index contributed by atoms with van der Waals surface area (Å²) >= 11 is 5.44. The summed E-state index contributed by atoms with van der Waals surface area (Å²) in [6.07, 6.45) is 1.54. The lowest BCUT2D eigenvalue weighted by Crippen LogP contribution is -2.43. The maximum atomic E-state index is 11.1. The Bertz CT molecular complexity index is 199. The van der Waals surface area contributed by atoms with E-state index in [2.05, 4.69) is 11.9 Å². The number of hydrogen-bond acceptors (Lipinski definition) is 2. The topological polar surface area (TPSA) is 55.1 Å². The Morgan fingerprint density at radius 2 is 2.27 bits per heavy atom. The molecule has 0 radical (unpaired) electrons. The zero-order valence-corrected chi connectivity index (χ0v) is 6.95. The molecular formula is C7H11ClN2O. The Morgan fingerprint density at radius 1 is 1.73 bits per heavy atom. The largest absolute Gasteiger partial charge is 0.350 e. The van der Waals surface area contributed by atoms with Crippen LogP contribution in [0.2, 0.25) is 0 Å². The quantitative estimate of drug-likeness (QED) is 0.649. The number of nitrogens with one attached hydrogen (secondary N) is 1. The molecule has 3 N–H and O–H groups in total. The summed E-state index contributed by atoms with van der Waals surface area (Å²) in [6, 6.07) is 0. The zero-order chi connectivity index (χ0) is 8.48. The number of halogens is 1. The van der Waals surface area contributed by atoms with Crippen LogP contribution in [0.15, 0.2) is 11.6 Å². The third-order valence-corrected chi connectivity index (χ3v) is 1.82. The van der Waals surface area contributed by atoms with Gasteiger partial charge in [0.1, 0.15) is 0 Å². The Labute approximate surface area is 70.6 Å². The van der Waals surface area contributed by atoms with E-state index in [0.29, 0.717) is 11.6 Å². The van der Waals surface area contributed by atoms with Gasteiger partial charge in [0, 0.05) is 5.03 Å². The summed E-state index contributed by atoms with van der Waals surface area (Å²) in [4.78, 5) is 11.1. The van der Waals surface area contributed by atoms with Gasteiger partial charge in [-0.25, -0.2) is 0 Å². The fraction of sp³-hybridized carbons (Fsp3) is 0.571. The molecule has 3 nitrogen and oxygen atoms in total. The first-order valence-corrected chi connectivity index (χ1v) is 3.83. The van der Waals surface area contributed by atoms with Gasteiger partial charge in [0.25, 0.3) is 0 Å². The third kappa shape index (κ3) is 2.20. The van der Waals surface area contributed by atoms with E-state index < -0.39 is 5.54 Å². The van der Waals surface area contributed by atoms with E-state index in [1.807, 2.05) is 0 Å². The average Bonchev–Trinajstić information content (AvgIpc) is 2.64. The molecule has 1 rings (SSSR count). The second-order valence-corrected chi connectivity index (χ2v) is 3.39. The van der Waals surface area contributed by atoms with Crippen molar-refractivity contribution in [3.63, 3.8) is 0 Å². The fourth-order valence-electron chi connectivity index (χ4n) is 0.714. The van der Waals surface area contributed by atoms with Crippen LogP contribution < -0.4 is 11.1 Å². The van der Waals surface area contributed by atoms with Crippen LogP contribution in [0.1, 0.15) is 12.8 Å². The highest BCUT2D eigenvalue weighted by atomic mass is 35.5. The first kappa shape index (κ1) is 8.56. The second-order valence-electron chi connectivity index (χ2n) is 2.86. The molecular weight excluding hydrogens is 164 g/mol. The molecule has 1 fully saturated rings. The average molecular weight is 175 g/mol. The summed E-state index contributed by atoms with van der Waals surface area (Å²) in [5, 5.41) is 3.01. The lowest BCUT2D eigenvalue weighted by Gasteiger charge is -2.08. The Kier molecular flexibility index (Phi) is 2.20. The van der Waals surface area contributed by atoms with E-state index in [0.717, 1.165) is 12.8 Å². The molecule has 0 heterocycles. The molecule has 0 unspecified atom stereocenters. The lowest BCUT2D eigenvalue weighted by atomic mass is 10.3. The van der Waals surface area contributed by atoms with Crippen LogP contribution in [-0.2, 0) is 4.79 Å². The third-order valence-electron chi connectivity index (χ3n) is 1.68. The number of rotatable bonds is 3. The van der Waals surface area contributed by atoms with Crippen molar-refractivity contribution in [1.29, 1.82) is 0 Å². The van der Waals surface area contributed by atoms with Gasteiger partial charge in [0.2, 0.25) is 5.91 Å². The number of amides is 1. The van der Waals surface area contributed by atoms with E-state index in [1.54, 1.807) is 0 Å². The maximum absolute atomic E-state index is 11.1. The first-order chi connectivity index (χ1) is 5.04. The summed E-state index contributed by atoms with van der Waals surface area (Å²) in [5.74, 6) is -0.126. The maximum Gasteiger partial charge on any atom is 0.240 e. The van der Waals surface area contributed by atoms with E-state index in [1.165, 1.54) is 0 Å². The Hall–Kier alpha value is -0.540. The Morgan fingerprint density at radius 3 is 2.64 bits per heavy atom.